The van der Waals surface area contributed by atoms with Gasteiger partial charge in [0, 0.05) is 37.5 Å². The van der Waals surface area contributed by atoms with E-state index in [4.69, 9.17) is 14.2 Å². The van der Waals surface area contributed by atoms with E-state index in [2.05, 4.69) is 41.8 Å². The number of ether oxygens (including phenoxy) is 3. The van der Waals surface area contributed by atoms with Crippen LogP contribution in [0.2, 0.25) is 0 Å². The van der Waals surface area contributed by atoms with Crippen molar-refractivity contribution in [3.8, 4) is 17.2 Å². The van der Waals surface area contributed by atoms with Gasteiger partial charge in [0.05, 0.1) is 26.9 Å². The van der Waals surface area contributed by atoms with Crippen molar-refractivity contribution in [2.24, 2.45) is 5.92 Å². The van der Waals surface area contributed by atoms with Crippen LogP contribution in [0.25, 0.3) is 0 Å². The van der Waals surface area contributed by atoms with Gasteiger partial charge in [0.1, 0.15) is 5.75 Å². The normalized spacial score (nSPS) is 24.1. The Kier molecular flexibility index (Phi) is 7.94. The van der Waals surface area contributed by atoms with Crippen LogP contribution in [0, 0.1) is 5.92 Å². The second kappa shape index (κ2) is 11.3. The fourth-order valence-corrected chi connectivity index (χ4v) is 6.36. The third-order valence-corrected chi connectivity index (χ3v) is 8.52. The van der Waals surface area contributed by atoms with Gasteiger partial charge in [-0.1, -0.05) is 44.5 Å². The Balaban J connectivity index is 1.32. The highest BCUT2D eigenvalue weighted by Crippen LogP contribution is 2.58. The summed E-state index contributed by atoms with van der Waals surface area (Å²) in [6, 6.07) is 14.6. The lowest BCUT2D eigenvalue weighted by Crippen LogP contribution is -2.44. The van der Waals surface area contributed by atoms with E-state index in [0.29, 0.717) is 25.0 Å². The van der Waals surface area contributed by atoms with Crippen LogP contribution in [0.15, 0.2) is 42.5 Å². The van der Waals surface area contributed by atoms with Crippen molar-refractivity contribution < 1.29 is 19.0 Å². The Morgan fingerprint density at radius 2 is 1.95 bits per heavy atom. The molecule has 0 bridgehead atoms. The fourth-order valence-electron chi connectivity index (χ4n) is 6.36. The molecule has 1 aliphatic carbocycles. The number of unbranched alkanes of at least 4 members (excludes halogenated alkanes) is 1. The van der Waals surface area contributed by atoms with Crippen LogP contribution < -0.4 is 14.2 Å². The lowest BCUT2D eigenvalue weighted by Gasteiger charge is -2.29. The predicted molar refractivity (Wildman–Crippen MR) is 146 cm³/mol. The zero-order valence-electron chi connectivity index (χ0n) is 22.7. The molecule has 3 aliphatic rings. The first kappa shape index (κ1) is 25.9. The summed E-state index contributed by atoms with van der Waals surface area (Å²) in [5.74, 6) is 3.68. The highest BCUT2D eigenvalue weighted by atomic mass is 16.5. The van der Waals surface area contributed by atoms with Crippen LogP contribution in [0.4, 0.5) is 0 Å². The van der Waals surface area contributed by atoms with Crippen molar-refractivity contribution in [2.45, 2.75) is 63.8 Å². The maximum atomic E-state index is 13.5. The molecule has 2 aliphatic heterocycles. The predicted octanol–water partition coefficient (Wildman–Crippen LogP) is 5.30. The zero-order valence-corrected chi connectivity index (χ0v) is 22.7. The molecule has 2 fully saturated rings. The van der Waals surface area contributed by atoms with E-state index < -0.39 is 0 Å². The van der Waals surface area contributed by atoms with Crippen LogP contribution in [0.5, 0.6) is 17.2 Å². The van der Waals surface area contributed by atoms with Gasteiger partial charge >= 0.3 is 0 Å². The van der Waals surface area contributed by atoms with E-state index >= 15 is 0 Å². The van der Waals surface area contributed by atoms with Crippen LogP contribution in [0.1, 0.15) is 63.0 Å². The monoisotopic (exact) mass is 506 g/mol. The summed E-state index contributed by atoms with van der Waals surface area (Å²) < 4.78 is 17.5. The van der Waals surface area contributed by atoms with Gasteiger partial charge < -0.3 is 19.1 Å². The molecule has 3 atom stereocenters. The molecular weight excluding hydrogens is 464 g/mol. The number of nitrogens with zero attached hydrogens (tertiary/aromatic N) is 2. The molecule has 2 aromatic carbocycles. The van der Waals surface area contributed by atoms with Gasteiger partial charge in [-0.3, -0.25) is 9.69 Å². The molecule has 6 heteroatoms. The lowest BCUT2D eigenvalue weighted by atomic mass is 9.93. The Hall–Kier alpha value is -2.73. The molecule has 2 unspecified atom stereocenters. The smallest absolute Gasteiger partial charge is 0.236 e. The van der Waals surface area contributed by atoms with Crippen LogP contribution in [-0.2, 0) is 11.2 Å². The third kappa shape index (κ3) is 5.45. The maximum absolute atomic E-state index is 13.5. The molecular formula is C31H42N2O4. The Morgan fingerprint density at radius 1 is 1.11 bits per heavy atom. The minimum atomic E-state index is 0.0283. The van der Waals surface area contributed by atoms with Crippen LogP contribution >= 0.6 is 0 Å². The van der Waals surface area contributed by atoms with Gasteiger partial charge in [-0.2, -0.15) is 0 Å². The van der Waals surface area contributed by atoms with Crippen LogP contribution in [-0.4, -0.2) is 67.7 Å². The molecule has 0 radical (unpaired) electrons. The molecule has 1 spiro atoms. The largest absolute Gasteiger partial charge is 0.493 e. The molecule has 1 saturated heterocycles. The van der Waals surface area contributed by atoms with Gasteiger partial charge in [0.15, 0.2) is 11.5 Å². The van der Waals surface area contributed by atoms with Gasteiger partial charge in [0.25, 0.3) is 0 Å². The van der Waals surface area contributed by atoms with Gasteiger partial charge in [-0.15, -0.1) is 0 Å². The number of carbonyl (C=O) groups excluding carboxylic acids is 1. The van der Waals surface area contributed by atoms with Gasteiger partial charge in [-0.05, 0) is 60.9 Å². The number of carbonyl (C=O) groups is 1. The maximum Gasteiger partial charge on any atom is 0.236 e. The van der Waals surface area contributed by atoms with Crippen molar-refractivity contribution >= 4 is 5.91 Å². The number of likely N-dealkylation sites (tertiary alicyclic amines) is 1. The molecule has 2 aromatic rings. The van der Waals surface area contributed by atoms with Gasteiger partial charge in [0.2, 0.25) is 5.91 Å². The Bertz CT molecular complexity index is 1090. The van der Waals surface area contributed by atoms with Crippen molar-refractivity contribution in [1.82, 2.24) is 9.80 Å². The third-order valence-electron chi connectivity index (χ3n) is 8.52. The minimum absolute atomic E-state index is 0.0283. The summed E-state index contributed by atoms with van der Waals surface area (Å²) in [6.45, 7) is 8.89. The first-order chi connectivity index (χ1) is 18.1. The first-order valence-corrected chi connectivity index (χ1v) is 14.1. The average molecular weight is 507 g/mol. The van der Waals surface area contributed by atoms with Gasteiger partial charge in [-0.25, -0.2) is 0 Å². The van der Waals surface area contributed by atoms with E-state index in [1.165, 1.54) is 11.1 Å². The highest BCUT2D eigenvalue weighted by molar-refractivity contribution is 5.78. The lowest BCUT2D eigenvalue weighted by molar-refractivity contribution is -0.133. The number of amides is 1. The Morgan fingerprint density at radius 3 is 2.73 bits per heavy atom. The second-order valence-corrected chi connectivity index (χ2v) is 10.9. The molecule has 0 aromatic heterocycles. The molecule has 1 amide bonds. The SMILES string of the molecule is CCCCN(CCC)C(=O)CN1C[C@H](c2ccc3c(c2)CCO3)CC12CC2COc1ccccc1OC. The average Bonchev–Trinajstić information content (AvgIpc) is 3.21. The summed E-state index contributed by atoms with van der Waals surface area (Å²) >= 11 is 0. The summed E-state index contributed by atoms with van der Waals surface area (Å²) in [7, 11) is 1.68. The standard InChI is InChI=1S/C31H42N2O4/c1-4-6-15-32(14-5-2)30(34)21-33-20-25(23-11-12-27-24(17-23)13-16-36-27)18-31(33)19-26(31)22-37-29-10-8-7-9-28(29)35-3/h7-12,17,25-26H,4-6,13-16,18-22H2,1-3H3/t25-,26?,31?/m1/s1. The summed E-state index contributed by atoms with van der Waals surface area (Å²) in [5.41, 5.74) is 2.73. The van der Waals surface area contributed by atoms with Crippen LogP contribution in [0.3, 0.4) is 0 Å². The number of hydrogen-bond donors (Lipinski definition) is 0. The highest BCUT2D eigenvalue weighted by Gasteiger charge is 2.62. The first-order valence-electron chi connectivity index (χ1n) is 14.1. The van der Waals surface area contributed by atoms with E-state index in [9.17, 15) is 4.79 Å². The molecule has 1 saturated carbocycles. The van der Waals surface area contributed by atoms with E-state index in [1.54, 1.807) is 7.11 Å². The molecule has 2 heterocycles. The quantitative estimate of drug-likeness (QED) is 0.391. The number of fused-ring (bicyclic) bond motifs is 1. The molecule has 37 heavy (non-hydrogen) atoms. The van der Waals surface area contributed by atoms with E-state index in [1.807, 2.05) is 24.3 Å². The van der Waals surface area contributed by atoms with Crippen molar-refractivity contribution in [3.63, 3.8) is 0 Å². The summed E-state index contributed by atoms with van der Waals surface area (Å²) in [5, 5.41) is 0. The van der Waals surface area contributed by atoms with E-state index in [-0.39, 0.29) is 11.4 Å². The van der Waals surface area contributed by atoms with Crippen molar-refractivity contribution in [2.75, 3.05) is 46.5 Å². The number of hydrogen-bond acceptors (Lipinski definition) is 5. The van der Waals surface area contributed by atoms with Crippen molar-refractivity contribution in [3.05, 3.63) is 53.6 Å². The number of benzene rings is 2. The fraction of sp³-hybridized carbons (Fsp3) is 0.581. The molecule has 5 rings (SSSR count). The van der Waals surface area contributed by atoms with Crippen molar-refractivity contribution in [1.29, 1.82) is 0 Å². The molecule has 0 N–H and O–H groups in total. The number of rotatable bonds is 12. The molecule has 200 valence electrons. The Labute approximate surface area is 221 Å². The molecule has 6 nitrogen and oxygen atoms in total. The zero-order chi connectivity index (χ0) is 25.8. The number of para-hydroxylation sites is 2. The number of methoxy groups -OCH3 is 1. The van der Waals surface area contributed by atoms with E-state index in [0.717, 1.165) is 82.0 Å². The second-order valence-electron chi connectivity index (χ2n) is 10.9. The topological polar surface area (TPSA) is 51.2 Å². The summed E-state index contributed by atoms with van der Waals surface area (Å²) in [4.78, 5) is 18.1. The summed E-state index contributed by atoms with van der Waals surface area (Å²) in [6.07, 6.45) is 6.29. The minimum Gasteiger partial charge on any atom is -0.493 e.